The number of carbonyl (C=O) groups excluding carboxylic acids is 1. The average Bonchev–Trinajstić information content (AvgIpc) is 2.27. The molecule has 1 amide bonds. The van der Waals surface area contributed by atoms with E-state index in [4.69, 9.17) is 16.2 Å². The number of ether oxygens (including phenoxy) is 1. The van der Waals surface area contributed by atoms with Gasteiger partial charge in [-0.1, -0.05) is 0 Å². The van der Waals surface area contributed by atoms with Crippen LogP contribution in [0, 0.1) is 0 Å². The fraction of sp³-hybridized carbons (Fsp3) is 0.100. The Morgan fingerprint density at radius 1 is 1.38 bits per heavy atom. The second kappa shape index (κ2) is 4.01. The van der Waals surface area contributed by atoms with Crippen LogP contribution < -0.4 is 16.2 Å². The maximum Gasteiger partial charge on any atom is 0.255 e. The van der Waals surface area contributed by atoms with E-state index in [1.165, 1.54) is 6.33 Å². The van der Waals surface area contributed by atoms with E-state index in [0.717, 1.165) is 5.52 Å². The SMILES string of the molecule is NC(=O)COc1ccc2ncnc(N)c2c1. The molecule has 6 heteroatoms. The zero-order chi connectivity index (χ0) is 11.5. The fourth-order valence-corrected chi connectivity index (χ4v) is 1.30. The van der Waals surface area contributed by atoms with Gasteiger partial charge in [0.1, 0.15) is 17.9 Å². The summed E-state index contributed by atoms with van der Waals surface area (Å²) in [6.07, 6.45) is 1.39. The van der Waals surface area contributed by atoms with Gasteiger partial charge < -0.3 is 16.2 Å². The number of carbonyl (C=O) groups is 1. The number of amides is 1. The van der Waals surface area contributed by atoms with Crippen molar-refractivity contribution in [3.63, 3.8) is 0 Å². The maximum absolute atomic E-state index is 10.6. The van der Waals surface area contributed by atoms with Gasteiger partial charge in [-0.2, -0.15) is 0 Å². The molecule has 1 heterocycles. The van der Waals surface area contributed by atoms with Crippen molar-refractivity contribution in [2.24, 2.45) is 5.73 Å². The molecule has 6 nitrogen and oxygen atoms in total. The molecule has 0 unspecified atom stereocenters. The zero-order valence-corrected chi connectivity index (χ0v) is 8.38. The van der Waals surface area contributed by atoms with E-state index < -0.39 is 5.91 Å². The molecule has 16 heavy (non-hydrogen) atoms. The van der Waals surface area contributed by atoms with Crippen molar-refractivity contribution in [2.45, 2.75) is 0 Å². The number of rotatable bonds is 3. The minimum atomic E-state index is -0.530. The number of nitrogens with two attached hydrogens (primary N) is 2. The van der Waals surface area contributed by atoms with E-state index in [1.54, 1.807) is 18.2 Å². The first-order valence-corrected chi connectivity index (χ1v) is 4.58. The number of aromatic nitrogens is 2. The van der Waals surface area contributed by atoms with Crippen molar-refractivity contribution < 1.29 is 9.53 Å². The Balaban J connectivity index is 2.35. The Labute approximate surface area is 91.2 Å². The van der Waals surface area contributed by atoms with Crippen molar-refractivity contribution in [3.05, 3.63) is 24.5 Å². The number of nitrogen functional groups attached to an aromatic ring is 1. The summed E-state index contributed by atoms with van der Waals surface area (Å²) in [7, 11) is 0. The molecule has 0 fully saturated rings. The molecular weight excluding hydrogens is 208 g/mol. The highest BCUT2D eigenvalue weighted by atomic mass is 16.5. The fourth-order valence-electron chi connectivity index (χ4n) is 1.30. The highest BCUT2D eigenvalue weighted by Crippen LogP contribution is 2.22. The minimum Gasteiger partial charge on any atom is -0.484 e. The Morgan fingerprint density at radius 3 is 2.94 bits per heavy atom. The van der Waals surface area contributed by atoms with Crippen LogP contribution in [0.1, 0.15) is 0 Å². The lowest BCUT2D eigenvalue weighted by atomic mass is 10.2. The van der Waals surface area contributed by atoms with Gasteiger partial charge in [-0.25, -0.2) is 9.97 Å². The summed E-state index contributed by atoms with van der Waals surface area (Å²) < 4.78 is 5.14. The first kappa shape index (κ1) is 10.2. The van der Waals surface area contributed by atoms with E-state index in [0.29, 0.717) is 17.0 Å². The summed E-state index contributed by atoms with van der Waals surface area (Å²) in [6, 6.07) is 5.11. The number of primary amides is 1. The van der Waals surface area contributed by atoms with Gasteiger partial charge in [0.2, 0.25) is 0 Å². The van der Waals surface area contributed by atoms with E-state index in [2.05, 4.69) is 9.97 Å². The van der Waals surface area contributed by atoms with E-state index in [9.17, 15) is 4.79 Å². The van der Waals surface area contributed by atoms with E-state index >= 15 is 0 Å². The van der Waals surface area contributed by atoms with Gasteiger partial charge in [0, 0.05) is 5.39 Å². The van der Waals surface area contributed by atoms with Gasteiger partial charge in [0.15, 0.2) is 6.61 Å². The lowest BCUT2D eigenvalue weighted by Gasteiger charge is -2.05. The third kappa shape index (κ3) is 2.00. The minimum absolute atomic E-state index is 0.168. The molecule has 0 saturated carbocycles. The van der Waals surface area contributed by atoms with Crippen LogP contribution in [0.2, 0.25) is 0 Å². The molecule has 0 bridgehead atoms. The number of anilines is 1. The van der Waals surface area contributed by atoms with Crippen molar-refractivity contribution in [1.29, 1.82) is 0 Å². The Bertz CT molecular complexity index is 541. The summed E-state index contributed by atoms with van der Waals surface area (Å²) in [6.45, 7) is -0.168. The molecule has 2 rings (SSSR count). The molecule has 0 aliphatic heterocycles. The molecule has 0 aliphatic carbocycles. The largest absolute Gasteiger partial charge is 0.484 e. The molecule has 0 spiro atoms. The van der Waals surface area contributed by atoms with Gasteiger partial charge in [-0.05, 0) is 18.2 Å². The number of hydrogen-bond donors (Lipinski definition) is 2. The molecule has 82 valence electrons. The number of benzene rings is 1. The highest BCUT2D eigenvalue weighted by molar-refractivity contribution is 5.88. The number of nitrogens with zero attached hydrogens (tertiary/aromatic N) is 2. The van der Waals surface area contributed by atoms with E-state index in [-0.39, 0.29) is 6.61 Å². The highest BCUT2D eigenvalue weighted by Gasteiger charge is 2.03. The van der Waals surface area contributed by atoms with Gasteiger partial charge >= 0.3 is 0 Å². The van der Waals surface area contributed by atoms with Crippen LogP contribution in [-0.4, -0.2) is 22.5 Å². The first-order chi connectivity index (χ1) is 7.66. The van der Waals surface area contributed by atoms with Crippen molar-refractivity contribution in [3.8, 4) is 5.75 Å². The molecule has 0 atom stereocenters. The van der Waals surface area contributed by atoms with Crippen LogP contribution in [0.5, 0.6) is 5.75 Å². The molecule has 0 aliphatic rings. The zero-order valence-electron chi connectivity index (χ0n) is 8.38. The van der Waals surface area contributed by atoms with Gasteiger partial charge in [-0.3, -0.25) is 4.79 Å². The van der Waals surface area contributed by atoms with Crippen molar-refractivity contribution in [2.75, 3.05) is 12.3 Å². The van der Waals surface area contributed by atoms with Crippen LogP contribution in [-0.2, 0) is 4.79 Å². The Kier molecular flexibility index (Phi) is 2.55. The first-order valence-electron chi connectivity index (χ1n) is 4.58. The topological polar surface area (TPSA) is 104 Å². The molecule has 1 aromatic heterocycles. The lowest BCUT2D eigenvalue weighted by molar-refractivity contribution is -0.119. The third-order valence-electron chi connectivity index (χ3n) is 2.02. The Hall–Kier alpha value is -2.37. The van der Waals surface area contributed by atoms with Crippen LogP contribution >= 0.6 is 0 Å². The molecule has 2 aromatic rings. The quantitative estimate of drug-likeness (QED) is 0.758. The van der Waals surface area contributed by atoms with Crippen molar-refractivity contribution in [1.82, 2.24) is 9.97 Å². The predicted molar refractivity (Wildman–Crippen MR) is 58.6 cm³/mol. The molecular formula is C10H10N4O2. The van der Waals surface area contributed by atoms with E-state index in [1.807, 2.05) is 0 Å². The lowest BCUT2D eigenvalue weighted by Crippen LogP contribution is -2.19. The average molecular weight is 218 g/mol. The van der Waals surface area contributed by atoms with Crippen LogP contribution in [0.3, 0.4) is 0 Å². The molecule has 0 saturated heterocycles. The van der Waals surface area contributed by atoms with Crippen LogP contribution in [0.25, 0.3) is 10.9 Å². The molecule has 0 radical (unpaired) electrons. The molecule has 4 N–H and O–H groups in total. The van der Waals surface area contributed by atoms with Gasteiger partial charge in [0.05, 0.1) is 5.52 Å². The van der Waals surface area contributed by atoms with Crippen LogP contribution in [0.15, 0.2) is 24.5 Å². The summed E-state index contributed by atoms with van der Waals surface area (Å²) in [5.74, 6) is 0.347. The second-order valence-corrected chi connectivity index (χ2v) is 3.19. The van der Waals surface area contributed by atoms with Gasteiger partial charge in [0.25, 0.3) is 5.91 Å². The van der Waals surface area contributed by atoms with Gasteiger partial charge in [-0.15, -0.1) is 0 Å². The number of hydrogen-bond acceptors (Lipinski definition) is 5. The standard InChI is InChI=1S/C10H10N4O2/c11-9(15)4-16-6-1-2-8-7(3-6)10(12)14-5-13-8/h1-3,5H,4H2,(H2,11,15)(H2,12,13,14). The maximum atomic E-state index is 10.6. The summed E-state index contributed by atoms with van der Waals surface area (Å²) >= 11 is 0. The second-order valence-electron chi connectivity index (χ2n) is 3.19. The number of fused-ring (bicyclic) bond motifs is 1. The predicted octanol–water partition coefficient (Wildman–Crippen LogP) is 0.0761. The summed E-state index contributed by atoms with van der Waals surface area (Å²) in [5, 5.41) is 0.685. The van der Waals surface area contributed by atoms with Crippen molar-refractivity contribution >= 4 is 22.6 Å². The smallest absolute Gasteiger partial charge is 0.255 e. The summed E-state index contributed by atoms with van der Waals surface area (Å²) in [5.41, 5.74) is 11.4. The normalized spacial score (nSPS) is 10.2. The third-order valence-corrected chi connectivity index (χ3v) is 2.02. The molecule has 1 aromatic carbocycles. The summed E-state index contributed by atoms with van der Waals surface area (Å²) in [4.78, 5) is 18.5. The van der Waals surface area contributed by atoms with Crippen LogP contribution in [0.4, 0.5) is 5.82 Å². The Morgan fingerprint density at radius 2 is 2.19 bits per heavy atom. The monoisotopic (exact) mass is 218 g/mol.